The summed E-state index contributed by atoms with van der Waals surface area (Å²) < 4.78 is 67.1. The number of rotatable bonds is 5. The average molecular weight is 455 g/mol. The first-order valence-electron chi connectivity index (χ1n) is 9.63. The van der Waals surface area contributed by atoms with E-state index in [0.717, 1.165) is 4.90 Å². The number of carbonyl (C=O) groups excluding carboxylic acids is 1. The highest BCUT2D eigenvalue weighted by molar-refractivity contribution is 5.86. The van der Waals surface area contributed by atoms with Crippen molar-refractivity contribution in [1.82, 2.24) is 4.90 Å². The number of carbonyl (C=O) groups is 1. The zero-order chi connectivity index (χ0) is 23.6. The zero-order valence-electron chi connectivity index (χ0n) is 18.4. The number of hydrogen-bond donors (Lipinski definition) is 0. The second-order valence-corrected chi connectivity index (χ2v) is 7.02. The molecule has 1 aliphatic rings. The molecule has 0 saturated carbocycles. The zero-order valence-corrected chi connectivity index (χ0v) is 18.4. The lowest BCUT2D eigenvalue weighted by Gasteiger charge is -2.30. The number of fused-ring (bicyclic) bond motifs is 3. The SMILES string of the molecule is COc1cc2c(cc1OC)-c1c(cc(OC)c(OC)c1OC)CN(C(=O)C(F)(F)F)CC2. The van der Waals surface area contributed by atoms with Crippen LogP contribution in [0.1, 0.15) is 11.1 Å². The van der Waals surface area contributed by atoms with Crippen molar-refractivity contribution >= 4 is 5.91 Å². The van der Waals surface area contributed by atoms with Crippen molar-refractivity contribution in [3.63, 3.8) is 0 Å². The lowest BCUT2D eigenvalue weighted by atomic mass is 9.89. The smallest absolute Gasteiger partial charge is 0.471 e. The van der Waals surface area contributed by atoms with Gasteiger partial charge in [-0.15, -0.1) is 0 Å². The molecule has 174 valence electrons. The Balaban J connectivity index is 2.35. The number of methoxy groups -OCH3 is 5. The number of halogens is 3. The van der Waals surface area contributed by atoms with Crippen LogP contribution in [0.25, 0.3) is 11.1 Å². The Kier molecular flexibility index (Phi) is 6.61. The van der Waals surface area contributed by atoms with Crippen LogP contribution in [0, 0.1) is 0 Å². The van der Waals surface area contributed by atoms with Crippen molar-refractivity contribution in [2.75, 3.05) is 42.1 Å². The number of amides is 1. The van der Waals surface area contributed by atoms with Gasteiger partial charge < -0.3 is 28.6 Å². The molecule has 7 nitrogen and oxygen atoms in total. The molecule has 2 aromatic carbocycles. The van der Waals surface area contributed by atoms with E-state index in [-0.39, 0.29) is 36.8 Å². The van der Waals surface area contributed by atoms with Crippen molar-refractivity contribution in [3.05, 3.63) is 29.3 Å². The van der Waals surface area contributed by atoms with Gasteiger partial charge in [-0.2, -0.15) is 13.2 Å². The predicted octanol–water partition coefficient (Wildman–Crippen LogP) is 3.84. The summed E-state index contributed by atoms with van der Waals surface area (Å²) in [5.41, 5.74) is 2.23. The molecular formula is C22H24F3NO6. The summed E-state index contributed by atoms with van der Waals surface area (Å²) in [6.45, 7) is -0.435. The van der Waals surface area contributed by atoms with Gasteiger partial charge in [0.15, 0.2) is 23.0 Å². The lowest BCUT2D eigenvalue weighted by Crippen LogP contribution is -2.42. The third kappa shape index (κ3) is 4.09. The van der Waals surface area contributed by atoms with Gasteiger partial charge in [-0.25, -0.2) is 0 Å². The van der Waals surface area contributed by atoms with Gasteiger partial charge in [0.1, 0.15) is 0 Å². The highest BCUT2D eigenvalue weighted by Crippen LogP contribution is 2.50. The number of alkyl halides is 3. The van der Waals surface area contributed by atoms with Crippen LogP contribution in [-0.4, -0.2) is 59.1 Å². The standard InChI is InChI=1S/C22H24F3NO6/c1-28-15-8-12-6-7-26(21(27)22(23,24)25)11-13-9-17(30-3)19(31-4)20(32-5)18(13)14(12)10-16(15)29-2/h8-10H,6-7,11H2,1-5H3. The van der Waals surface area contributed by atoms with Gasteiger partial charge in [-0.05, 0) is 41.3 Å². The van der Waals surface area contributed by atoms with Crippen molar-refractivity contribution in [2.24, 2.45) is 0 Å². The van der Waals surface area contributed by atoms with Gasteiger partial charge in [-0.3, -0.25) is 4.79 Å². The number of nitrogens with zero attached hydrogens (tertiary/aromatic N) is 1. The Labute approximate surface area is 183 Å². The van der Waals surface area contributed by atoms with E-state index in [1.807, 2.05) is 0 Å². The van der Waals surface area contributed by atoms with E-state index in [0.29, 0.717) is 33.8 Å². The van der Waals surface area contributed by atoms with E-state index in [9.17, 15) is 18.0 Å². The molecule has 1 aliphatic heterocycles. The molecule has 0 radical (unpaired) electrons. The summed E-state index contributed by atoms with van der Waals surface area (Å²) in [5.74, 6) is -0.231. The maximum atomic E-state index is 13.3. The van der Waals surface area contributed by atoms with Gasteiger partial charge in [-0.1, -0.05) is 0 Å². The molecule has 0 fully saturated rings. The minimum absolute atomic E-state index is 0.142. The molecule has 2 aromatic rings. The quantitative estimate of drug-likeness (QED) is 0.683. The molecule has 0 atom stereocenters. The summed E-state index contributed by atoms with van der Waals surface area (Å²) in [5, 5.41) is 0. The van der Waals surface area contributed by atoms with Gasteiger partial charge in [0.05, 0.1) is 35.5 Å². The van der Waals surface area contributed by atoms with Crippen LogP contribution < -0.4 is 23.7 Å². The lowest BCUT2D eigenvalue weighted by molar-refractivity contribution is -0.186. The highest BCUT2D eigenvalue weighted by atomic mass is 19.4. The van der Waals surface area contributed by atoms with Crippen LogP contribution in [-0.2, 0) is 17.8 Å². The van der Waals surface area contributed by atoms with Crippen LogP contribution in [0.2, 0.25) is 0 Å². The van der Waals surface area contributed by atoms with Gasteiger partial charge in [0.25, 0.3) is 0 Å². The third-order valence-corrected chi connectivity index (χ3v) is 5.33. The first-order chi connectivity index (χ1) is 15.2. The molecule has 0 aromatic heterocycles. The fraction of sp³-hybridized carbons (Fsp3) is 0.409. The molecule has 0 spiro atoms. The summed E-state index contributed by atoms with van der Waals surface area (Å²) in [6.07, 6.45) is -4.84. The Morgan fingerprint density at radius 1 is 0.812 bits per heavy atom. The fourth-order valence-electron chi connectivity index (χ4n) is 3.88. The van der Waals surface area contributed by atoms with E-state index in [2.05, 4.69) is 0 Å². The Bertz CT molecular complexity index is 1020. The molecule has 0 unspecified atom stereocenters. The monoisotopic (exact) mass is 455 g/mol. The maximum Gasteiger partial charge on any atom is 0.471 e. The second kappa shape index (κ2) is 9.05. The molecule has 10 heteroatoms. The first kappa shape index (κ1) is 23.4. The molecule has 32 heavy (non-hydrogen) atoms. The molecule has 0 aliphatic carbocycles. The summed E-state index contributed by atoms with van der Waals surface area (Å²) in [6, 6.07) is 4.98. The van der Waals surface area contributed by atoms with Crippen molar-refractivity contribution < 1.29 is 41.7 Å². The van der Waals surface area contributed by atoms with Crippen LogP contribution in [0.5, 0.6) is 28.7 Å². The van der Waals surface area contributed by atoms with Gasteiger partial charge >= 0.3 is 12.1 Å². The van der Waals surface area contributed by atoms with E-state index >= 15 is 0 Å². The summed E-state index contributed by atoms with van der Waals surface area (Å²) in [4.78, 5) is 12.9. The molecular weight excluding hydrogens is 431 g/mol. The topological polar surface area (TPSA) is 66.5 Å². The van der Waals surface area contributed by atoms with E-state index in [4.69, 9.17) is 23.7 Å². The van der Waals surface area contributed by atoms with Gasteiger partial charge in [0, 0.05) is 18.7 Å². The number of ether oxygens (including phenoxy) is 5. The van der Waals surface area contributed by atoms with E-state index in [1.54, 1.807) is 18.2 Å². The number of hydrogen-bond acceptors (Lipinski definition) is 6. The predicted molar refractivity (Wildman–Crippen MR) is 110 cm³/mol. The second-order valence-electron chi connectivity index (χ2n) is 7.02. The molecule has 1 heterocycles. The minimum atomic E-state index is -5.00. The van der Waals surface area contributed by atoms with Gasteiger partial charge in [0.2, 0.25) is 5.75 Å². The molecule has 1 amide bonds. The van der Waals surface area contributed by atoms with Crippen LogP contribution in [0.4, 0.5) is 13.2 Å². The molecule has 0 bridgehead atoms. The van der Waals surface area contributed by atoms with Crippen molar-refractivity contribution in [1.29, 1.82) is 0 Å². The highest BCUT2D eigenvalue weighted by Gasteiger charge is 2.43. The first-order valence-corrected chi connectivity index (χ1v) is 9.63. The van der Waals surface area contributed by atoms with E-state index < -0.39 is 12.1 Å². The van der Waals surface area contributed by atoms with E-state index in [1.165, 1.54) is 35.5 Å². The summed E-state index contributed by atoms with van der Waals surface area (Å²) in [7, 11) is 7.23. The van der Waals surface area contributed by atoms with Crippen molar-refractivity contribution in [2.45, 2.75) is 19.1 Å². The Morgan fingerprint density at radius 2 is 1.38 bits per heavy atom. The fourth-order valence-corrected chi connectivity index (χ4v) is 3.88. The number of benzene rings is 2. The Hall–Kier alpha value is -3.30. The third-order valence-electron chi connectivity index (χ3n) is 5.33. The Morgan fingerprint density at radius 3 is 1.91 bits per heavy atom. The largest absolute Gasteiger partial charge is 0.493 e. The van der Waals surface area contributed by atoms with Crippen LogP contribution in [0.15, 0.2) is 18.2 Å². The summed E-state index contributed by atoms with van der Waals surface area (Å²) >= 11 is 0. The molecule has 3 rings (SSSR count). The average Bonchev–Trinajstić information content (AvgIpc) is 2.77. The normalized spacial score (nSPS) is 13.3. The van der Waals surface area contributed by atoms with Crippen LogP contribution >= 0.6 is 0 Å². The maximum absolute atomic E-state index is 13.3. The van der Waals surface area contributed by atoms with Crippen LogP contribution in [0.3, 0.4) is 0 Å². The minimum Gasteiger partial charge on any atom is -0.493 e. The van der Waals surface area contributed by atoms with Crippen molar-refractivity contribution in [3.8, 4) is 39.9 Å². The molecule has 0 N–H and O–H groups in total. The molecule has 0 saturated heterocycles.